The van der Waals surface area contributed by atoms with Crippen molar-refractivity contribution in [2.24, 2.45) is 0 Å². The summed E-state index contributed by atoms with van der Waals surface area (Å²) in [5.41, 5.74) is 4.12. The molecule has 0 amide bonds. The van der Waals surface area contributed by atoms with Crippen molar-refractivity contribution in [3.8, 4) is 11.5 Å². The van der Waals surface area contributed by atoms with Gasteiger partial charge in [-0.3, -0.25) is 9.36 Å². The third kappa shape index (κ3) is 3.09. The number of hydrogen-bond acceptors (Lipinski definition) is 3. The fourth-order valence-corrected chi connectivity index (χ4v) is 4.04. The Morgan fingerprint density at radius 1 is 0.963 bits per heavy atom. The van der Waals surface area contributed by atoms with Crippen LogP contribution in [0.25, 0.3) is 10.9 Å². The first-order chi connectivity index (χ1) is 13.2. The summed E-state index contributed by atoms with van der Waals surface area (Å²) in [6.45, 7) is 4.95. The predicted molar refractivity (Wildman–Crippen MR) is 107 cm³/mol. The molecular weight excluding hydrogens is 338 g/mol. The standard InChI is InChI=1S/C23H25NO3/c1-3-26-21-14-13-16(15-22(21)27-4-2)23(25)24-19-11-7-5-9-17(19)18-10-6-8-12-20(18)24/h5,7,9,11,13-15H,3-4,6,8,10,12H2,1-2H3. The molecular formula is C23H25NO3. The van der Waals surface area contributed by atoms with Gasteiger partial charge in [-0.1, -0.05) is 18.2 Å². The van der Waals surface area contributed by atoms with Crippen molar-refractivity contribution in [1.82, 2.24) is 4.57 Å². The van der Waals surface area contributed by atoms with Crippen LogP contribution in [0.4, 0.5) is 0 Å². The number of hydrogen-bond donors (Lipinski definition) is 0. The van der Waals surface area contributed by atoms with E-state index >= 15 is 0 Å². The molecule has 0 saturated heterocycles. The van der Waals surface area contributed by atoms with Crippen molar-refractivity contribution >= 4 is 16.8 Å². The van der Waals surface area contributed by atoms with Crippen molar-refractivity contribution in [2.45, 2.75) is 39.5 Å². The summed E-state index contributed by atoms with van der Waals surface area (Å²) in [6.07, 6.45) is 4.31. The van der Waals surface area contributed by atoms with Crippen LogP contribution in [0.1, 0.15) is 48.3 Å². The minimum absolute atomic E-state index is 0.00153. The molecule has 0 saturated carbocycles. The van der Waals surface area contributed by atoms with Crippen LogP contribution < -0.4 is 9.47 Å². The van der Waals surface area contributed by atoms with Gasteiger partial charge in [0, 0.05) is 16.6 Å². The normalized spacial score (nSPS) is 13.4. The summed E-state index contributed by atoms with van der Waals surface area (Å²) < 4.78 is 13.3. The van der Waals surface area contributed by atoms with Gasteiger partial charge in [-0.25, -0.2) is 0 Å². The van der Waals surface area contributed by atoms with Gasteiger partial charge in [0.05, 0.1) is 18.7 Å². The lowest BCUT2D eigenvalue weighted by molar-refractivity contribution is 0.0961. The highest BCUT2D eigenvalue weighted by Gasteiger charge is 2.24. The number of aromatic nitrogens is 1. The first kappa shape index (κ1) is 17.7. The molecule has 0 bridgehead atoms. The summed E-state index contributed by atoms with van der Waals surface area (Å²) in [7, 11) is 0. The zero-order chi connectivity index (χ0) is 18.8. The molecule has 4 rings (SSSR count). The highest BCUT2D eigenvalue weighted by atomic mass is 16.5. The third-order valence-corrected chi connectivity index (χ3v) is 5.17. The summed E-state index contributed by atoms with van der Waals surface area (Å²) in [6, 6.07) is 13.7. The molecule has 0 atom stereocenters. The van der Waals surface area contributed by atoms with E-state index in [0.29, 0.717) is 30.3 Å². The highest BCUT2D eigenvalue weighted by Crippen LogP contribution is 2.34. The predicted octanol–water partition coefficient (Wildman–Crippen LogP) is 5.01. The zero-order valence-electron chi connectivity index (χ0n) is 16.0. The van der Waals surface area contributed by atoms with Crippen LogP contribution in [0.5, 0.6) is 11.5 Å². The van der Waals surface area contributed by atoms with Gasteiger partial charge in [0.2, 0.25) is 0 Å². The van der Waals surface area contributed by atoms with E-state index < -0.39 is 0 Å². The molecule has 1 heterocycles. The summed E-state index contributed by atoms with van der Waals surface area (Å²) in [5, 5.41) is 1.21. The SMILES string of the molecule is CCOc1ccc(C(=O)n2c3c(c4ccccc42)CCCC3)cc1OCC. The average Bonchev–Trinajstić information content (AvgIpc) is 3.04. The third-order valence-electron chi connectivity index (χ3n) is 5.17. The molecule has 27 heavy (non-hydrogen) atoms. The molecule has 0 fully saturated rings. The van der Waals surface area contributed by atoms with E-state index in [0.717, 1.165) is 24.8 Å². The maximum Gasteiger partial charge on any atom is 0.262 e. The number of rotatable bonds is 5. The number of carbonyl (C=O) groups excluding carboxylic acids is 1. The highest BCUT2D eigenvalue weighted by molar-refractivity contribution is 6.04. The van der Waals surface area contributed by atoms with Crippen molar-refractivity contribution in [3.05, 3.63) is 59.3 Å². The molecule has 1 aliphatic rings. The Balaban J connectivity index is 1.83. The minimum Gasteiger partial charge on any atom is -0.490 e. The molecule has 2 aromatic carbocycles. The van der Waals surface area contributed by atoms with Gasteiger partial charge in [-0.05, 0) is 69.4 Å². The maximum atomic E-state index is 13.5. The molecule has 0 spiro atoms. The van der Waals surface area contributed by atoms with Crippen LogP contribution in [0.15, 0.2) is 42.5 Å². The fourth-order valence-electron chi connectivity index (χ4n) is 4.04. The molecule has 0 unspecified atom stereocenters. The van der Waals surface area contributed by atoms with E-state index in [1.807, 2.05) is 42.7 Å². The Hall–Kier alpha value is -2.75. The van der Waals surface area contributed by atoms with E-state index in [1.54, 1.807) is 6.07 Å². The Kier molecular flexibility index (Phi) is 4.88. The maximum absolute atomic E-state index is 13.5. The molecule has 0 aliphatic heterocycles. The molecule has 3 aromatic rings. The van der Waals surface area contributed by atoms with Crippen LogP contribution in [-0.2, 0) is 12.8 Å². The van der Waals surface area contributed by atoms with Gasteiger partial charge in [0.15, 0.2) is 11.5 Å². The minimum atomic E-state index is -0.00153. The van der Waals surface area contributed by atoms with Gasteiger partial charge >= 0.3 is 0 Å². The lowest BCUT2D eigenvalue weighted by Crippen LogP contribution is -2.17. The Bertz CT molecular complexity index is 987. The first-order valence-corrected chi connectivity index (χ1v) is 9.80. The number of benzene rings is 2. The summed E-state index contributed by atoms with van der Waals surface area (Å²) in [5.74, 6) is 1.30. The van der Waals surface area contributed by atoms with E-state index in [4.69, 9.17) is 9.47 Å². The number of nitrogens with zero attached hydrogens (tertiary/aromatic N) is 1. The smallest absolute Gasteiger partial charge is 0.262 e. The molecule has 4 nitrogen and oxygen atoms in total. The van der Waals surface area contributed by atoms with E-state index in [2.05, 4.69) is 12.1 Å². The van der Waals surface area contributed by atoms with Crippen molar-refractivity contribution < 1.29 is 14.3 Å². The lowest BCUT2D eigenvalue weighted by atomic mass is 9.95. The van der Waals surface area contributed by atoms with Gasteiger partial charge in [-0.2, -0.15) is 0 Å². The van der Waals surface area contributed by atoms with Gasteiger partial charge in [-0.15, -0.1) is 0 Å². The molecule has 1 aliphatic carbocycles. The van der Waals surface area contributed by atoms with Crippen molar-refractivity contribution in [3.63, 3.8) is 0 Å². The van der Waals surface area contributed by atoms with Crippen LogP contribution in [0, 0.1) is 0 Å². The molecule has 1 aromatic heterocycles. The average molecular weight is 363 g/mol. The molecule has 0 radical (unpaired) electrons. The molecule has 4 heteroatoms. The van der Waals surface area contributed by atoms with Gasteiger partial charge in [0.25, 0.3) is 5.91 Å². The Labute approximate surface area is 159 Å². The summed E-state index contributed by atoms with van der Waals surface area (Å²) in [4.78, 5) is 13.5. The second-order valence-electron chi connectivity index (χ2n) is 6.82. The van der Waals surface area contributed by atoms with Gasteiger partial charge < -0.3 is 9.47 Å². The lowest BCUT2D eigenvalue weighted by Gasteiger charge is -2.16. The zero-order valence-corrected chi connectivity index (χ0v) is 16.0. The fraction of sp³-hybridized carbons (Fsp3) is 0.348. The van der Waals surface area contributed by atoms with Gasteiger partial charge in [0.1, 0.15) is 0 Å². The quantitative estimate of drug-likeness (QED) is 0.640. The van der Waals surface area contributed by atoms with Crippen LogP contribution in [-0.4, -0.2) is 23.7 Å². The topological polar surface area (TPSA) is 40.5 Å². The van der Waals surface area contributed by atoms with E-state index in [9.17, 15) is 4.79 Å². The number of para-hydroxylation sites is 1. The molecule has 140 valence electrons. The van der Waals surface area contributed by atoms with Crippen LogP contribution in [0.2, 0.25) is 0 Å². The van der Waals surface area contributed by atoms with Crippen LogP contribution >= 0.6 is 0 Å². The number of aryl methyl sites for hydroxylation is 1. The Morgan fingerprint density at radius 2 is 1.70 bits per heavy atom. The van der Waals surface area contributed by atoms with Crippen LogP contribution in [0.3, 0.4) is 0 Å². The summed E-state index contributed by atoms with van der Waals surface area (Å²) >= 11 is 0. The number of ether oxygens (including phenoxy) is 2. The second kappa shape index (κ2) is 7.47. The largest absolute Gasteiger partial charge is 0.490 e. The Morgan fingerprint density at radius 3 is 2.52 bits per heavy atom. The first-order valence-electron chi connectivity index (χ1n) is 9.80. The molecule has 0 N–H and O–H groups in total. The second-order valence-corrected chi connectivity index (χ2v) is 6.82. The number of carbonyl (C=O) groups is 1. The number of fused-ring (bicyclic) bond motifs is 3. The van der Waals surface area contributed by atoms with E-state index in [1.165, 1.54) is 23.1 Å². The van der Waals surface area contributed by atoms with E-state index in [-0.39, 0.29) is 5.91 Å². The monoisotopic (exact) mass is 363 g/mol. The van der Waals surface area contributed by atoms with Crippen molar-refractivity contribution in [2.75, 3.05) is 13.2 Å². The van der Waals surface area contributed by atoms with Crippen molar-refractivity contribution in [1.29, 1.82) is 0 Å².